The van der Waals surface area contributed by atoms with Crippen LogP contribution >= 0.6 is 0 Å². The van der Waals surface area contributed by atoms with E-state index in [0.717, 1.165) is 0 Å². The minimum atomic E-state index is -2.74. The molecule has 148 valence electrons. The molecule has 5 heterocycles. The Morgan fingerprint density at radius 1 is 0.462 bits per heavy atom. The first kappa shape index (κ1) is 19.7. The van der Waals surface area contributed by atoms with Gasteiger partial charge in [-0.2, -0.15) is 0 Å². The van der Waals surface area contributed by atoms with Crippen molar-refractivity contribution in [2.75, 3.05) is 0 Å². The highest BCUT2D eigenvalue weighted by molar-refractivity contribution is 6.80. The Balaban J connectivity index is 1.53. The van der Waals surface area contributed by atoms with Crippen LogP contribution in [-0.4, -0.2) is 106 Å². The zero-order valence-electron chi connectivity index (χ0n) is 13.0. The number of hydrogen-bond acceptors (Lipinski definition) is 15. The van der Waals surface area contributed by atoms with Gasteiger partial charge in [-0.1, -0.05) is 0 Å². The average molecular weight is 563 g/mol. The molecule has 5 aliphatic heterocycles. The zero-order chi connectivity index (χ0) is 17.5. The van der Waals surface area contributed by atoms with Crippen LogP contribution in [0.15, 0.2) is 0 Å². The number of rotatable bonds is 1. The summed E-state index contributed by atoms with van der Waals surface area (Å²) in [7, 11) is -25.3. The summed E-state index contributed by atoms with van der Waals surface area (Å²) in [6.07, 6.45) is 0. The standard InChI is InChI=1S/H14O15Si11/c16-1-18-4-21-6-19-2-17-3-20-7-22(5-18)11-26-14-24(9-20)12-23(8-19)13-25(10-21)15-26/h18-26H,17H2,16H3. The van der Waals surface area contributed by atoms with Crippen LogP contribution in [0, 0.1) is 0 Å². The summed E-state index contributed by atoms with van der Waals surface area (Å²) in [5.41, 5.74) is 0. The molecule has 5 fully saturated rings. The van der Waals surface area contributed by atoms with Gasteiger partial charge in [0.2, 0.25) is 0 Å². The third kappa shape index (κ3) is 4.74. The summed E-state index contributed by atoms with van der Waals surface area (Å²) in [6, 6.07) is 0. The molecule has 0 saturated carbocycles. The van der Waals surface area contributed by atoms with Crippen molar-refractivity contribution in [1.82, 2.24) is 0 Å². The van der Waals surface area contributed by atoms with E-state index in [-0.39, 0.29) is 0 Å². The van der Waals surface area contributed by atoms with Crippen molar-refractivity contribution < 1.29 is 61.7 Å². The molecule has 0 aromatic rings. The van der Waals surface area contributed by atoms with Crippen molar-refractivity contribution in [3.05, 3.63) is 0 Å². The van der Waals surface area contributed by atoms with E-state index in [1.54, 1.807) is 0 Å². The maximum Gasteiger partial charge on any atom is 0.461 e. The topological polar surface area (TPSA) is 138 Å². The Bertz CT molecular complexity index is 454. The molecule has 5 rings (SSSR count). The van der Waals surface area contributed by atoms with Crippen LogP contribution in [0.4, 0.5) is 0 Å². The molecule has 0 aromatic carbocycles. The van der Waals surface area contributed by atoms with Gasteiger partial charge in [-0.3, -0.25) is 0 Å². The molecule has 5 aliphatic rings. The van der Waals surface area contributed by atoms with Crippen molar-refractivity contribution >= 4 is 106 Å². The van der Waals surface area contributed by atoms with E-state index in [2.05, 4.69) is 0 Å². The molecule has 0 N–H and O–H groups in total. The number of hydrogen-bond donors (Lipinski definition) is 0. The Morgan fingerprint density at radius 3 is 1.12 bits per heavy atom. The fraction of sp³-hybridized carbons (Fsp3) is 0. The first-order valence-corrected chi connectivity index (χ1v) is 22.0. The van der Waals surface area contributed by atoms with Crippen molar-refractivity contribution in [2.45, 2.75) is 0 Å². The van der Waals surface area contributed by atoms with Gasteiger partial charge in [0.05, 0.1) is 0 Å². The van der Waals surface area contributed by atoms with Gasteiger partial charge in [-0.25, -0.2) is 0 Å². The minimum Gasteiger partial charge on any atom is -0.428 e. The largest absolute Gasteiger partial charge is 0.461 e. The smallest absolute Gasteiger partial charge is 0.428 e. The molecule has 5 saturated heterocycles. The Labute approximate surface area is 167 Å². The second kappa shape index (κ2) is 8.88. The van der Waals surface area contributed by atoms with E-state index in [9.17, 15) is 0 Å². The molecule has 0 radical (unpaired) electrons. The van der Waals surface area contributed by atoms with Gasteiger partial charge in [0.25, 0.3) is 10.0 Å². The maximum absolute atomic E-state index is 5.89. The summed E-state index contributed by atoms with van der Waals surface area (Å²) in [5, 5.41) is 0. The number of fused-ring (bicyclic) bond motifs is 4. The van der Waals surface area contributed by atoms with Crippen molar-refractivity contribution in [3.63, 3.8) is 0 Å². The molecule has 0 amide bonds. The summed E-state index contributed by atoms with van der Waals surface area (Å²) in [5.74, 6) is 0. The van der Waals surface area contributed by atoms with E-state index >= 15 is 0 Å². The van der Waals surface area contributed by atoms with Crippen LogP contribution in [0.2, 0.25) is 0 Å². The molecule has 26 heavy (non-hydrogen) atoms. The Hall–Kier alpha value is 1.79. The van der Waals surface area contributed by atoms with Crippen LogP contribution in [0.5, 0.6) is 0 Å². The van der Waals surface area contributed by atoms with Gasteiger partial charge in [0, 0.05) is 0 Å². The van der Waals surface area contributed by atoms with Crippen LogP contribution < -0.4 is 0 Å². The fourth-order valence-corrected chi connectivity index (χ4v) is 37.3. The van der Waals surface area contributed by atoms with Crippen LogP contribution in [0.1, 0.15) is 0 Å². The van der Waals surface area contributed by atoms with Crippen LogP contribution in [0.25, 0.3) is 0 Å². The van der Waals surface area contributed by atoms with E-state index in [4.69, 9.17) is 61.7 Å². The lowest BCUT2D eigenvalue weighted by Crippen LogP contribution is -2.64. The SMILES string of the molecule is [SiH3]O[SiH]1O[SiH]2O[SiH]3O[SiH2]O[SiH]4O[SiH](O1)O[SiH]1O[SiH](O4)O[SiH](O3)O[SiH](O2)O1. The zero-order valence-corrected chi connectivity index (χ0v) is 26.8. The molecule has 0 aromatic heterocycles. The maximum atomic E-state index is 5.89. The van der Waals surface area contributed by atoms with E-state index in [1.165, 1.54) is 0 Å². The monoisotopic (exact) mass is 562 g/mol. The van der Waals surface area contributed by atoms with E-state index in [1.807, 2.05) is 0 Å². The molecule has 0 spiro atoms. The summed E-state index contributed by atoms with van der Waals surface area (Å²) in [6.45, 7) is 0. The van der Waals surface area contributed by atoms with Gasteiger partial charge in [-0.15, -0.1) is 0 Å². The fourth-order valence-electron chi connectivity index (χ4n) is 2.18. The summed E-state index contributed by atoms with van der Waals surface area (Å²) >= 11 is 0. The third-order valence-electron chi connectivity index (χ3n) is 3.27. The highest BCUT2D eigenvalue weighted by atomic mass is 28.6. The van der Waals surface area contributed by atoms with Crippen LogP contribution in [-0.2, 0) is 61.7 Å². The summed E-state index contributed by atoms with van der Waals surface area (Å²) < 4.78 is 87.1. The molecular weight excluding hydrogens is 549 g/mol. The third-order valence-corrected chi connectivity index (χ3v) is 29.4. The normalized spacial score (nSPS) is 52.8. The highest BCUT2D eigenvalue weighted by Crippen LogP contribution is 2.22. The molecule has 8 atom stereocenters. The van der Waals surface area contributed by atoms with Crippen molar-refractivity contribution in [2.24, 2.45) is 0 Å². The highest BCUT2D eigenvalue weighted by Gasteiger charge is 2.51. The average Bonchev–Trinajstić information content (AvgIpc) is 2.55. The lowest BCUT2D eigenvalue weighted by molar-refractivity contribution is 0.0656. The lowest BCUT2D eigenvalue weighted by Gasteiger charge is -2.41. The van der Waals surface area contributed by atoms with Gasteiger partial charge in [-0.05, 0) is 0 Å². The Kier molecular flexibility index (Phi) is 6.74. The second-order valence-corrected chi connectivity index (χ2v) is 28.0. The first-order chi connectivity index (χ1) is 12.7. The molecule has 8 unspecified atom stereocenters. The minimum absolute atomic E-state index is 0.404. The molecule has 8 bridgehead atoms. The van der Waals surface area contributed by atoms with Crippen molar-refractivity contribution in [1.29, 1.82) is 0 Å². The lowest BCUT2D eigenvalue weighted by atomic mass is 15.5. The van der Waals surface area contributed by atoms with Gasteiger partial charge >= 0.3 is 85.7 Å². The summed E-state index contributed by atoms with van der Waals surface area (Å²) in [4.78, 5) is 0. The van der Waals surface area contributed by atoms with Gasteiger partial charge in [0.15, 0.2) is 0 Å². The molecule has 26 heteroatoms. The van der Waals surface area contributed by atoms with E-state index < -0.39 is 95.8 Å². The van der Waals surface area contributed by atoms with E-state index in [0.29, 0.717) is 10.5 Å². The van der Waals surface area contributed by atoms with Crippen LogP contribution in [0.3, 0.4) is 0 Å². The molecular formula is H14O15Si11. The van der Waals surface area contributed by atoms with Gasteiger partial charge < -0.3 is 61.7 Å². The predicted molar refractivity (Wildman–Crippen MR) is 99.1 cm³/mol. The quantitative estimate of drug-likeness (QED) is 0.279. The van der Waals surface area contributed by atoms with Gasteiger partial charge in [0.1, 0.15) is 10.5 Å². The first-order valence-electron chi connectivity index (χ1n) is 7.35. The second-order valence-electron chi connectivity index (χ2n) is 4.92. The Morgan fingerprint density at radius 2 is 0.769 bits per heavy atom. The van der Waals surface area contributed by atoms with Crippen molar-refractivity contribution in [3.8, 4) is 0 Å². The predicted octanol–water partition coefficient (Wildman–Crippen LogP) is -8.96. The molecule has 15 nitrogen and oxygen atoms in total. The molecule has 0 aliphatic carbocycles.